The summed E-state index contributed by atoms with van der Waals surface area (Å²) in [5, 5.41) is 10.9. The number of nitro benzene ring substituents is 1. The van der Waals surface area contributed by atoms with Crippen LogP contribution in [0.1, 0.15) is 12.5 Å². The first-order chi connectivity index (χ1) is 7.45. The molecular formula is C9H7Cl2NO4. The number of alkyl halides is 1. The van der Waals surface area contributed by atoms with Gasteiger partial charge < -0.3 is 4.74 Å². The van der Waals surface area contributed by atoms with Crippen LogP contribution < -0.4 is 4.74 Å². The van der Waals surface area contributed by atoms with E-state index < -0.39 is 10.9 Å². The smallest absolute Gasteiger partial charge is 0.313 e. The molecule has 86 valence electrons. The molecule has 0 saturated carbocycles. The summed E-state index contributed by atoms with van der Waals surface area (Å²) in [5.74, 6) is -0.849. The van der Waals surface area contributed by atoms with E-state index in [0.717, 1.165) is 13.0 Å². The molecule has 0 unspecified atom stereocenters. The van der Waals surface area contributed by atoms with Gasteiger partial charge >= 0.3 is 11.7 Å². The summed E-state index contributed by atoms with van der Waals surface area (Å²) < 4.78 is 4.76. The number of halogens is 2. The Balaban J connectivity index is 3.38. The van der Waals surface area contributed by atoms with Crippen LogP contribution in [-0.2, 0) is 10.7 Å². The van der Waals surface area contributed by atoms with Gasteiger partial charge in [0.2, 0.25) is 5.75 Å². The second-order valence-corrected chi connectivity index (χ2v) is 3.60. The molecule has 0 saturated heterocycles. The van der Waals surface area contributed by atoms with Gasteiger partial charge in [0.05, 0.1) is 10.8 Å². The number of hydrogen-bond acceptors (Lipinski definition) is 4. The van der Waals surface area contributed by atoms with Crippen molar-refractivity contribution < 1.29 is 14.5 Å². The van der Waals surface area contributed by atoms with Gasteiger partial charge in [-0.05, 0) is 6.07 Å². The highest BCUT2D eigenvalue weighted by molar-refractivity contribution is 6.31. The van der Waals surface area contributed by atoms with Crippen LogP contribution >= 0.6 is 23.2 Å². The fourth-order valence-corrected chi connectivity index (χ4v) is 1.56. The minimum absolute atomic E-state index is 0.0377. The summed E-state index contributed by atoms with van der Waals surface area (Å²) in [7, 11) is 0. The summed E-state index contributed by atoms with van der Waals surface area (Å²) in [6.07, 6.45) is 0. The molecular weight excluding hydrogens is 257 g/mol. The number of carbonyl (C=O) groups is 1. The average Bonchev–Trinajstić information content (AvgIpc) is 2.19. The number of nitrogens with zero attached hydrogens (tertiary/aromatic N) is 1. The molecule has 0 aliphatic carbocycles. The van der Waals surface area contributed by atoms with Crippen molar-refractivity contribution in [2.45, 2.75) is 12.8 Å². The van der Waals surface area contributed by atoms with Crippen molar-refractivity contribution in [3.8, 4) is 5.75 Å². The molecule has 0 heterocycles. The largest absolute Gasteiger partial charge is 0.419 e. The van der Waals surface area contributed by atoms with Crippen molar-refractivity contribution in [3.63, 3.8) is 0 Å². The van der Waals surface area contributed by atoms with Gasteiger partial charge in [0.1, 0.15) is 0 Å². The van der Waals surface area contributed by atoms with Crippen molar-refractivity contribution in [2.75, 3.05) is 0 Å². The van der Waals surface area contributed by atoms with Crippen LogP contribution in [0.5, 0.6) is 5.75 Å². The third-order valence-electron chi connectivity index (χ3n) is 1.70. The van der Waals surface area contributed by atoms with Crippen LogP contribution in [0.3, 0.4) is 0 Å². The van der Waals surface area contributed by atoms with E-state index >= 15 is 0 Å². The molecule has 16 heavy (non-hydrogen) atoms. The number of nitro groups is 1. The van der Waals surface area contributed by atoms with Gasteiger partial charge in [-0.25, -0.2) is 0 Å². The maximum absolute atomic E-state index is 10.8. The predicted octanol–water partition coefficient (Wildman–Crippen LogP) is 2.91. The van der Waals surface area contributed by atoms with Crippen molar-refractivity contribution in [3.05, 3.63) is 32.8 Å². The van der Waals surface area contributed by atoms with E-state index in [0.29, 0.717) is 5.56 Å². The quantitative estimate of drug-likeness (QED) is 0.276. The van der Waals surface area contributed by atoms with Crippen LogP contribution in [0.15, 0.2) is 12.1 Å². The molecule has 0 aliphatic heterocycles. The third-order valence-corrected chi connectivity index (χ3v) is 2.20. The van der Waals surface area contributed by atoms with Crippen LogP contribution in [0.25, 0.3) is 0 Å². The summed E-state index contributed by atoms with van der Waals surface area (Å²) in [6.45, 7) is 1.15. The lowest BCUT2D eigenvalue weighted by atomic mass is 10.2. The van der Waals surface area contributed by atoms with Gasteiger partial charge in [-0.15, -0.1) is 11.6 Å². The van der Waals surface area contributed by atoms with Gasteiger partial charge in [0.15, 0.2) is 0 Å². The Kier molecular flexibility index (Phi) is 4.09. The van der Waals surface area contributed by atoms with E-state index in [2.05, 4.69) is 0 Å². The highest BCUT2D eigenvalue weighted by Crippen LogP contribution is 2.35. The maximum Gasteiger partial charge on any atom is 0.313 e. The van der Waals surface area contributed by atoms with Gasteiger partial charge in [-0.2, -0.15) is 0 Å². The molecule has 0 bridgehead atoms. The van der Waals surface area contributed by atoms with Gasteiger partial charge in [0, 0.05) is 23.6 Å². The standard InChI is InChI=1S/C9H7Cl2NO4/c1-5(13)16-9-6(4-10)2-7(11)3-8(9)12(14)15/h2-3H,4H2,1H3. The van der Waals surface area contributed by atoms with Crippen LogP contribution in [0.4, 0.5) is 5.69 Å². The number of esters is 1. The Hall–Kier alpha value is -1.33. The number of ether oxygens (including phenoxy) is 1. The van der Waals surface area contributed by atoms with Crippen molar-refractivity contribution in [2.24, 2.45) is 0 Å². The lowest BCUT2D eigenvalue weighted by Gasteiger charge is -2.07. The summed E-state index contributed by atoms with van der Waals surface area (Å²) >= 11 is 11.3. The zero-order valence-corrected chi connectivity index (χ0v) is 9.71. The van der Waals surface area contributed by atoms with E-state index in [-0.39, 0.29) is 22.3 Å². The maximum atomic E-state index is 10.8. The van der Waals surface area contributed by atoms with Crippen molar-refractivity contribution >= 4 is 34.9 Å². The van der Waals surface area contributed by atoms with Crippen molar-refractivity contribution in [1.29, 1.82) is 0 Å². The number of rotatable bonds is 3. The molecule has 0 aromatic heterocycles. The minimum atomic E-state index is -0.680. The van der Waals surface area contributed by atoms with Crippen LogP contribution in [0, 0.1) is 10.1 Å². The monoisotopic (exact) mass is 263 g/mol. The summed E-state index contributed by atoms with van der Waals surface area (Å²) in [5.41, 5.74) is -0.0746. The molecule has 1 aromatic carbocycles. The molecule has 5 nitrogen and oxygen atoms in total. The Bertz CT molecular complexity index is 447. The molecule has 0 amide bonds. The molecule has 0 N–H and O–H groups in total. The normalized spacial score (nSPS) is 9.94. The summed E-state index contributed by atoms with van der Waals surface area (Å²) in [4.78, 5) is 20.9. The molecule has 0 fully saturated rings. The molecule has 1 aromatic rings. The zero-order chi connectivity index (χ0) is 12.3. The molecule has 0 radical (unpaired) electrons. The third kappa shape index (κ3) is 2.84. The molecule has 0 atom stereocenters. The number of hydrogen-bond donors (Lipinski definition) is 0. The topological polar surface area (TPSA) is 69.4 Å². The van der Waals surface area contributed by atoms with Gasteiger partial charge in [0.25, 0.3) is 0 Å². The zero-order valence-electron chi connectivity index (χ0n) is 8.20. The molecule has 1 rings (SSSR count). The van der Waals surface area contributed by atoms with E-state index in [9.17, 15) is 14.9 Å². The van der Waals surface area contributed by atoms with Gasteiger partial charge in [-0.1, -0.05) is 11.6 Å². The van der Waals surface area contributed by atoms with Crippen LogP contribution in [0.2, 0.25) is 5.02 Å². The first-order valence-corrected chi connectivity index (χ1v) is 5.08. The summed E-state index contributed by atoms with van der Waals surface area (Å²) in [6, 6.07) is 2.52. The van der Waals surface area contributed by atoms with Crippen LogP contribution in [-0.4, -0.2) is 10.9 Å². The van der Waals surface area contributed by atoms with E-state index in [4.69, 9.17) is 27.9 Å². The van der Waals surface area contributed by atoms with Crippen molar-refractivity contribution in [1.82, 2.24) is 0 Å². The second-order valence-electron chi connectivity index (χ2n) is 2.90. The predicted molar refractivity (Wildman–Crippen MR) is 59.0 cm³/mol. The lowest BCUT2D eigenvalue weighted by molar-refractivity contribution is -0.385. The van der Waals surface area contributed by atoms with E-state index in [1.165, 1.54) is 6.07 Å². The van der Waals surface area contributed by atoms with E-state index in [1.807, 2.05) is 0 Å². The lowest BCUT2D eigenvalue weighted by Crippen LogP contribution is -2.06. The highest BCUT2D eigenvalue weighted by atomic mass is 35.5. The first kappa shape index (κ1) is 12.7. The molecule has 0 aliphatic rings. The minimum Gasteiger partial charge on any atom is -0.419 e. The van der Waals surface area contributed by atoms with Gasteiger partial charge in [-0.3, -0.25) is 14.9 Å². The fourth-order valence-electron chi connectivity index (χ4n) is 1.13. The Morgan fingerprint density at radius 3 is 2.62 bits per heavy atom. The molecule has 0 spiro atoms. The average molecular weight is 264 g/mol. The number of carbonyl (C=O) groups excluding carboxylic acids is 1. The highest BCUT2D eigenvalue weighted by Gasteiger charge is 2.21. The number of benzene rings is 1. The molecule has 7 heteroatoms. The van der Waals surface area contributed by atoms with E-state index in [1.54, 1.807) is 0 Å². The Labute approximate surface area is 101 Å². The Morgan fingerprint density at radius 2 is 2.19 bits per heavy atom. The second kappa shape index (κ2) is 5.14. The Morgan fingerprint density at radius 1 is 1.56 bits per heavy atom. The fraction of sp³-hybridized carbons (Fsp3) is 0.222. The SMILES string of the molecule is CC(=O)Oc1c(CCl)cc(Cl)cc1[N+](=O)[O-]. The first-order valence-electron chi connectivity index (χ1n) is 4.17.